The third-order valence-electron chi connectivity index (χ3n) is 3.95. The van der Waals surface area contributed by atoms with Gasteiger partial charge < -0.3 is 5.32 Å². The van der Waals surface area contributed by atoms with E-state index in [0.717, 1.165) is 22.6 Å². The summed E-state index contributed by atoms with van der Waals surface area (Å²) in [6.07, 6.45) is 1.25. The van der Waals surface area contributed by atoms with Gasteiger partial charge in [-0.3, -0.25) is 4.68 Å². The van der Waals surface area contributed by atoms with Gasteiger partial charge in [-0.25, -0.2) is 8.42 Å². The van der Waals surface area contributed by atoms with Crippen LogP contribution in [0.4, 0.5) is 5.69 Å². The summed E-state index contributed by atoms with van der Waals surface area (Å²) in [7, 11) is -2.99. The van der Waals surface area contributed by atoms with Crippen LogP contribution in [0.2, 0.25) is 0 Å². The number of hydrogen-bond donors (Lipinski definition) is 1. The Labute approximate surface area is 138 Å². The quantitative estimate of drug-likeness (QED) is 0.881. The van der Waals surface area contributed by atoms with E-state index in [2.05, 4.69) is 36.4 Å². The lowest BCUT2D eigenvalue weighted by atomic mass is 10.1. The zero-order chi connectivity index (χ0) is 17.2. The van der Waals surface area contributed by atoms with Crippen LogP contribution in [0.5, 0.6) is 0 Å². The van der Waals surface area contributed by atoms with Crippen LogP contribution in [0.1, 0.15) is 35.5 Å². The number of rotatable bonds is 6. The van der Waals surface area contributed by atoms with Crippen LogP contribution in [0, 0.1) is 20.8 Å². The summed E-state index contributed by atoms with van der Waals surface area (Å²) >= 11 is 0. The maximum absolute atomic E-state index is 11.4. The molecule has 2 rings (SSSR count). The molecule has 23 heavy (non-hydrogen) atoms. The Morgan fingerprint density at radius 1 is 1.26 bits per heavy atom. The highest BCUT2D eigenvalue weighted by Gasteiger charge is 2.18. The number of nitrogens with zero attached hydrogens (tertiary/aromatic N) is 2. The van der Waals surface area contributed by atoms with Crippen LogP contribution < -0.4 is 5.32 Å². The van der Waals surface area contributed by atoms with Gasteiger partial charge in [-0.2, -0.15) is 5.10 Å². The number of benzene rings is 1. The van der Waals surface area contributed by atoms with Crippen LogP contribution >= 0.6 is 0 Å². The molecule has 0 aliphatic rings. The summed E-state index contributed by atoms with van der Waals surface area (Å²) in [4.78, 5) is 0. The van der Waals surface area contributed by atoms with Crippen molar-refractivity contribution in [2.75, 3.05) is 17.3 Å². The summed E-state index contributed by atoms with van der Waals surface area (Å²) in [5, 5.41) is 8.00. The fourth-order valence-electron chi connectivity index (χ4n) is 2.86. The van der Waals surface area contributed by atoms with Gasteiger partial charge >= 0.3 is 0 Å². The number of aromatic nitrogens is 2. The van der Waals surface area contributed by atoms with E-state index in [1.165, 1.54) is 11.8 Å². The third kappa shape index (κ3) is 4.58. The Morgan fingerprint density at radius 3 is 2.57 bits per heavy atom. The van der Waals surface area contributed by atoms with Crippen molar-refractivity contribution >= 4 is 15.5 Å². The van der Waals surface area contributed by atoms with Gasteiger partial charge in [0.1, 0.15) is 9.84 Å². The topological polar surface area (TPSA) is 64.0 Å². The predicted molar refractivity (Wildman–Crippen MR) is 94.6 cm³/mol. The number of aryl methyl sites for hydroxylation is 3. The third-order valence-corrected chi connectivity index (χ3v) is 4.87. The van der Waals surface area contributed by atoms with Crippen molar-refractivity contribution in [2.45, 2.75) is 40.3 Å². The first-order valence-corrected chi connectivity index (χ1v) is 9.78. The molecule has 6 heteroatoms. The fourth-order valence-corrected chi connectivity index (χ4v) is 3.37. The second-order valence-corrected chi connectivity index (χ2v) is 8.43. The second kappa shape index (κ2) is 6.74. The molecule has 0 saturated carbocycles. The first-order chi connectivity index (χ1) is 10.7. The first kappa shape index (κ1) is 17.5. The van der Waals surface area contributed by atoms with Crippen LogP contribution in [0.3, 0.4) is 0 Å². The minimum Gasteiger partial charge on any atom is -0.378 e. The predicted octanol–water partition coefficient (Wildman–Crippen LogP) is 3.03. The van der Waals surface area contributed by atoms with E-state index in [1.807, 2.05) is 26.0 Å². The van der Waals surface area contributed by atoms with Gasteiger partial charge in [0.2, 0.25) is 0 Å². The Kier molecular flexibility index (Phi) is 5.14. The SMILES string of the molecule is Cc1cccc(N[C@H](C)c2c(C)nn(CCS(C)(=O)=O)c2C)c1. The monoisotopic (exact) mass is 335 g/mol. The molecule has 1 aromatic heterocycles. The number of anilines is 1. The van der Waals surface area contributed by atoms with Crippen molar-refractivity contribution in [2.24, 2.45) is 0 Å². The largest absolute Gasteiger partial charge is 0.378 e. The number of nitrogens with one attached hydrogen (secondary N) is 1. The van der Waals surface area contributed by atoms with Gasteiger partial charge in [0, 0.05) is 23.2 Å². The van der Waals surface area contributed by atoms with Gasteiger partial charge in [0.15, 0.2) is 0 Å². The van der Waals surface area contributed by atoms with Crippen LogP contribution in [-0.2, 0) is 16.4 Å². The van der Waals surface area contributed by atoms with E-state index in [1.54, 1.807) is 4.68 Å². The molecule has 0 spiro atoms. The molecule has 0 saturated heterocycles. The maximum Gasteiger partial charge on any atom is 0.149 e. The van der Waals surface area contributed by atoms with Gasteiger partial charge in [0.25, 0.3) is 0 Å². The molecule has 1 heterocycles. The van der Waals surface area contributed by atoms with E-state index >= 15 is 0 Å². The van der Waals surface area contributed by atoms with Gasteiger partial charge in [-0.05, 0) is 45.4 Å². The average molecular weight is 335 g/mol. The summed E-state index contributed by atoms with van der Waals surface area (Å²) in [5.74, 6) is 0.105. The zero-order valence-corrected chi connectivity index (χ0v) is 15.2. The van der Waals surface area contributed by atoms with Crippen molar-refractivity contribution in [1.29, 1.82) is 0 Å². The second-order valence-electron chi connectivity index (χ2n) is 6.17. The average Bonchev–Trinajstić information content (AvgIpc) is 2.70. The van der Waals surface area contributed by atoms with E-state index in [-0.39, 0.29) is 11.8 Å². The summed E-state index contributed by atoms with van der Waals surface area (Å²) in [6.45, 7) is 8.51. The maximum atomic E-state index is 11.4. The van der Waals surface area contributed by atoms with Crippen molar-refractivity contribution in [3.05, 3.63) is 46.8 Å². The lowest BCUT2D eigenvalue weighted by molar-refractivity contribution is 0.581. The molecule has 0 bridgehead atoms. The zero-order valence-electron chi connectivity index (χ0n) is 14.4. The highest BCUT2D eigenvalue weighted by Crippen LogP contribution is 2.25. The molecule has 5 nitrogen and oxygen atoms in total. The minimum atomic E-state index is -2.99. The number of sulfone groups is 1. The standard InChI is InChI=1S/C17H25N3O2S/c1-12-7-6-8-16(11-12)18-13(2)17-14(3)19-20(15(17)4)9-10-23(5,21)22/h6-8,11,13,18H,9-10H2,1-5H3/t13-/m1/s1. The van der Waals surface area contributed by atoms with Gasteiger partial charge in [-0.15, -0.1) is 0 Å². The van der Waals surface area contributed by atoms with Gasteiger partial charge in [0.05, 0.1) is 24.0 Å². The molecule has 126 valence electrons. The van der Waals surface area contributed by atoms with Gasteiger partial charge in [-0.1, -0.05) is 12.1 Å². The molecule has 1 N–H and O–H groups in total. The molecule has 2 aromatic rings. The van der Waals surface area contributed by atoms with Crippen molar-refractivity contribution in [3.63, 3.8) is 0 Å². The van der Waals surface area contributed by atoms with Crippen molar-refractivity contribution in [3.8, 4) is 0 Å². The Hall–Kier alpha value is -1.82. The van der Waals surface area contributed by atoms with E-state index in [4.69, 9.17) is 0 Å². The molecule has 1 atom stereocenters. The van der Waals surface area contributed by atoms with Crippen LogP contribution in [-0.4, -0.2) is 30.2 Å². The molecule has 0 unspecified atom stereocenters. The number of hydrogen-bond acceptors (Lipinski definition) is 4. The molecule has 1 aromatic carbocycles. The Balaban J connectivity index is 2.20. The van der Waals surface area contributed by atoms with E-state index in [0.29, 0.717) is 6.54 Å². The molecular formula is C17H25N3O2S. The molecule has 0 aliphatic heterocycles. The Bertz CT molecular complexity index is 794. The highest BCUT2D eigenvalue weighted by molar-refractivity contribution is 7.90. The first-order valence-electron chi connectivity index (χ1n) is 7.72. The van der Waals surface area contributed by atoms with E-state index in [9.17, 15) is 8.42 Å². The van der Waals surface area contributed by atoms with Crippen LogP contribution in [0.15, 0.2) is 24.3 Å². The lowest BCUT2D eigenvalue weighted by Gasteiger charge is -2.17. The van der Waals surface area contributed by atoms with E-state index < -0.39 is 9.84 Å². The molecular weight excluding hydrogens is 310 g/mol. The fraction of sp³-hybridized carbons (Fsp3) is 0.471. The molecule has 0 radical (unpaired) electrons. The summed E-state index contributed by atoms with van der Waals surface area (Å²) in [5.41, 5.74) is 5.35. The summed E-state index contributed by atoms with van der Waals surface area (Å²) < 4.78 is 24.5. The Morgan fingerprint density at radius 2 is 1.96 bits per heavy atom. The van der Waals surface area contributed by atoms with Crippen molar-refractivity contribution < 1.29 is 8.42 Å². The summed E-state index contributed by atoms with van der Waals surface area (Å²) in [6, 6.07) is 8.34. The molecule has 0 aliphatic carbocycles. The van der Waals surface area contributed by atoms with Crippen LogP contribution in [0.25, 0.3) is 0 Å². The molecule has 0 fully saturated rings. The van der Waals surface area contributed by atoms with Crippen molar-refractivity contribution in [1.82, 2.24) is 9.78 Å². The lowest BCUT2D eigenvalue weighted by Crippen LogP contribution is -2.14. The highest BCUT2D eigenvalue weighted by atomic mass is 32.2. The smallest absolute Gasteiger partial charge is 0.149 e. The minimum absolute atomic E-state index is 0.101. The normalized spacial score (nSPS) is 13.1. The molecule has 0 amide bonds.